The van der Waals surface area contributed by atoms with E-state index in [1.807, 2.05) is 21.1 Å². The van der Waals surface area contributed by atoms with Gasteiger partial charge >= 0.3 is 17.5 Å². The zero-order valence-corrected chi connectivity index (χ0v) is 27.4. The van der Waals surface area contributed by atoms with Gasteiger partial charge in [-0.1, -0.05) is 0 Å². The minimum atomic E-state index is -3.20. The molecule has 1 saturated carbocycles. The maximum absolute atomic E-state index is 13.2. The van der Waals surface area contributed by atoms with E-state index in [9.17, 15) is 49.8 Å². The summed E-state index contributed by atoms with van der Waals surface area (Å²) in [5.41, 5.74) is 6.22. The van der Waals surface area contributed by atoms with Crippen LogP contribution in [0.3, 0.4) is 0 Å². The van der Waals surface area contributed by atoms with Crippen LogP contribution < -0.4 is 21.9 Å². The number of nitrogens with zero attached hydrogens (tertiary/aromatic N) is 4. The Morgan fingerprint density at radius 3 is 2.28 bits per heavy atom. The number of quaternary nitrogens is 1. The van der Waals surface area contributed by atoms with Crippen molar-refractivity contribution in [1.29, 1.82) is 0 Å². The van der Waals surface area contributed by atoms with Gasteiger partial charge in [-0.2, -0.15) is 4.98 Å². The number of hydrogen-bond acceptors (Lipinski definition) is 17. The Morgan fingerprint density at radius 1 is 1.02 bits per heavy atom. The van der Waals surface area contributed by atoms with Gasteiger partial charge in [-0.25, -0.2) is 14.8 Å². The van der Waals surface area contributed by atoms with E-state index in [1.165, 1.54) is 18.3 Å². The van der Waals surface area contributed by atoms with Crippen LogP contribution in [0.4, 0.5) is 11.6 Å². The summed E-state index contributed by atoms with van der Waals surface area (Å²) in [6.07, 6.45) is -10.8. The number of nitrogens with two attached hydrogens (primary N) is 1. The molecule has 1 fully saturated rings. The van der Waals surface area contributed by atoms with Crippen molar-refractivity contribution in [2.75, 3.05) is 45.3 Å². The number of carbonyl (C=O) groups is 3. The third kappa shape index (κ3) is 9.04. The largest absolute Gasteiger partial charge is 0.458 e. The number of fused-ring (bicyclic) bond motifs is 1. The van der Waals surface area contributed by atoms with E-state index in [-0.39, 0.29) is 35.8 Å². The summed E-state index contributed by atoms with van der Waals surface area (Å²) in [5.74, 6) is -6.15. The Labute approximate surface area is 284 Å². The molecule has 1 amide bonds. The predicted molar refractivity (Wildman–Crippen MR) is 172 cm³/mol. The number of rotatable bonds is 13. The first-order valence-electron chi connectivity index (χ1n) is 15.4. The van der Waals surface area contributed by atoms with Gasteiger partial charge in [-0.05, 0) is 30.7 Å². The number of H-pyrrole nitrogens is 1. The number of esters is 2. The summed E-state index contributed by atoms with van der Waals surface area (Å²) >= 11 is 0. The molecule has 0 saturated heterocycles. The Balaban J connectivity index is 1.40. The average Bonchev–Trinajstić information content (AvgIpc) is 3.06. The van der Waals surface area contributed by atoms with Crippen molar-refractivity contribution >= 4 is 40.6 Å². The van der Waals surface area contributed by atoms with Gasteiger partial charge in [-0.3, -0.25) is 14.4 Å². The van der Waals surface area contributed by atoms with Crippen molar-refractivity contribution < 1.29 is 59.0 Å². The fourth-order valence-corrected chi connectivity index (χ4v) is 4.86. The topological polar surface area (TPSA) is 313 Å². The fraction of sp³-hybridized carbons (Fsp3) is 0.500. The quantitative estimate of drug-likeness (QED) is 0.0461. The van der Waals surface area contributed by atoms with Crippen LogP contribution in [-0.4, -0.2) is 150 Å². The maximum atomic E-state index is 13.2. The van der Waals surface area contributed by atoms with Crippen LogP contribution in [0.1, 0.15) is 28.9 Å². The van der Waals surface area contributed by atoms with Crippen molar-refractivity contribution in [2.24, 2.45) is 0 Å². The van der Waals surface area contributed by atoms with Gasteiger partial charge in [0.2, 0.25) is 5.95 Å². The summed E-state index contributed by atoms with van der Waals surface area (Å²) in [7, 11) is 5.62. The molecule has 0 aliphatic heterocycles. The molecule has 7 atom stereocenters. The SMILES string of the molecule is C[N+](C)(C)CCOC(=O)[C@H](CCC(=O)O[C@]1(O)[C@H](O)[C@H](O)[C@@H](O)[C@H](O)[C@H]1O)NC(=O)c1ccc(NCc2cnc3[nH]c(N)nc(=O)c3n2)cc1. The molecule has 20 heteroatoms. The van der Waals surface area contributed by atoms with E-state index < -0.39 is 78.6 Å². The number of anilines is 2. The molecular formula is C30H41N8O12+. The van der Waals surface area contributed by atoms with Gasteiger partial charge in [-0.15, -0.1) is 0 Å². The highest BCUT2D eigenvalue weighted by Crippen LogP contribution is 2.32. The van der Waals surface area contributed by atoms with Gasteiger partial charge in [0.15, 0.2) is 23.4 Å². The van der Waals surface area contributed by atoms with Gasteiger partial charge in [0, 0.05) is 17.7 Å². The summed E-state index contributed by atoms with van der Waals surface area (Å²) < 4.78 is 10.6. The molecule has 4 rings (SSSR count). The third-order valence-electron chi connectivity index (χ3n) is 7.82. The van der Waals surface area contributed by atoms with Crippen molar-refractivity contribution in [3.05, 3.63) is 52.1 Å². The molecule has 0 bridgehead atoms. The van der Waals surface area contributed by atoms with Gasteiger partial charge < -0.3 is 65.9 Å². The first-order valence-corrected chi connectivity index (χ1v) is 15.4. The lowest BCUT2D eigenvalue weighted by molar-refractivity contribution is -0.870. The van der Waals surface area contributed by atoms with E-state index in [2.05, 4.69) is 30.6 Å². The normalized spacial score (nSPS) is 24.3. The van der Waals surface area contributed by atoms with Crippen LogP contribution in [0.25, 0.3) is 11.2 Å². The molecule has 1 aliphatic carbocycles. The molecule has 1 aromatic carbocycles. The molecule has 0 radical (unpaired) electrons. The number of nitrogens with one attached hydrogen (secondary N) is 3. The number of ether oxygens (including phenoxy) is 2. The van der Waals surface area contributed by atoms with Crippen molar-refractivity contribution in [2.45, 2.75) is 61.7 Å². The molecule has 50 heavy (non-hydrogen) atoms. The van der Waals surface area contributed by atoms with Crippen LogP contribution in [0.5, 0.6) is 0 Å². The fourth-order valence-electron chi connectivity index (χ4n) is 4.86. The van der Waals surface area contributed by atoms with Crippen molar-refractivity contribution in [3.8, 4) is 0 Å². The Hall–Kier alpha value is -4.83. The standard InChI is InChI=1S/C30H40N8O12/c1-38(2,3)10-11-49-28(47)17(8-9-18(39)50-30(48)23(43)21(41)20(40)22(42)24(30)44)35-26(45)14-4-6-15(7-5-14)32-12-16-13-33-25-19(34-16)27(46)37-29(31)36-25/h4-7,13,17,20-24,40-44,48H,8-12H2,1-3H3,(H4-,31,32,33,35,36,37,45,46)/p+1/t17-,20-,21-,22+,23+,24+,30-/m0/s1. The second kappa shape index (κ2) is 15.4. The van der Waals surface area contributed by atoms with Gasteiger partial charge in [0.05, 0.1) is 39.6 Å². The molecule has 1 aliphatic rings. The third-order valence-corrected chi connectivity index (χ3v) is 7.82. The molecule has 272 valence electrons. The lowest BCUT2D eigenvalue weighted by atomic mass is 9.82. The highest BCUT2D eigenvalue weighted by atomic mass is 16.7. The smallest absolute Gasteiger partial charge is 0.328 e. The van der Waals surface area contributed by atoms with Crippen LogP contribution >= 0.6 is 0 Å². The summed E-state index contributed by atoms with van der Waals surface area (Å²) in [4.78, 5) is 65.6. The monoisotopic (exact) mass is 705 g/mol. The van der Waals surface area contributed by atoms with E-state index in [0.29, 0.717) is 22.4 Å². The number of carbonyl (C=O) groups excluding carboxylic acids is 3. The molecule has 20 nitrogen and oxygen atoms in total. The summed E-state index contributed by atoms with van der Waals surface area (Å²) in [5, 5.41) is 66.1. The van der Waals surface area contributed by atoms with Crippen molar-refractivity contribution in [1.82, 2.24) is 25.3 Å². The number of likely N-dealkylation sites (N-methyl/N-ethyl adjacent to an activating group) is 1. The predicted octanol–water partition coefficient (Wildman–Crippen LogP) is -3.91. The first-order chi connectivity index (χ1) is 23.4. The first kappa shape index (κ1) is 38.0. The number of benzene rings is 1. The molecular weight excluding hydrogens is 664 g/mol. The Morgan fingerprint density at radius 2 is 1.66 bits per heavy atom. The lowest BCUT2D eigenvalue weighted by Gasteiger charge is -2.46. The molecule has 2 heterocycles. The van der Waals surface area contributed by atoms with Gasteiger partial charge in [0.25, 0.3) is 11.7 Å². The van der Waals surface area contributed by atoms with Crippen LogP contribution in [0.2, 0.25) is 0 Å². The minimum Gasteiger partial charge on any atom is -0.458 e. The number of aliphatic hydroxyl groups is 6. The second-order valence-electron chi connectivity index (χ2n) is 12.8. The van der Waals surface area contributed by atoms with E-state index >= 15 is 0 Å². The second-order valence-corrected chi connectivity index (χ2v) is 12.8. The number of nitrogen functional groups attached to an aromatic ring is 1. The van der Waals surface area contributed by atoms with E-state index in [4.69, 9.17) is 15.2 Å². The highest BCUT2D eigenvalue weighted by molar-refractivity contribution is 5.97. The Bertz CT molecular complexity index is 1730. The Kier molecular flexibility index (Phi) is 11.7. The van der Waals surface area contributed by atoms with Crippen LogP contribution in [0, 0.1) is 0 Å². The molecule has 0 unspecified atom stereocenters. The zero-order chi connectivity index (χ0) is 37.0. The van der Waals surface area contributed by atoms with Crippen LogP contribution in [0.15, 0.2) is 35.3 Å². The highest BCUT2D eigenvalue weighted by Gasteiger charge is 2.60. The minimum absolute atomic E-state index is 0.0156. The zero-order valence-electron chi connectivity index (χ0n) is 27.4. The van der Waals surface area contributed by atoms with Gasteiger partial charge in [0.1, 0.15) is 37.5 Å². The molecule has 0 spiro atoms. The molecule has 2 aromatic heterocycles. The number of aromatic amines is 1. The van der Waals surface area contributed by atoms with Crippen LogP contribution in [-0.2, 0) is 25.6 Å². The number of aliphatic hydroxyl groups excluding tert-OH is 5. The number of hydrogen-bond donors (Lipinski definition) is 10. The van der Waals surface area contributed by atoms with E-state index in [0.717, 1.165) is 0 Å². The van der Waals surface area contributed by atoms with Crippen molar-refractivity contribution in [3.63, 3.8) is 0 Å². The molecule has 3 aromatic rings. The number of amides is 1. The number of aromatic nitrogens is 4. The summed E-state index contributed by atoms with van der Waals surface area (Å²) in [6.45, 7) is 0.572. The van der Waals surface area contributed by atoms with E-state index in [1.54, 1.807) is 12.1 Å². The maximum Gasteiger partial charge on any atom is 0.328 e. The molecule has 11 N–H and O–H groups in total. The summed E-state index contributed by atoms with van der Waals surface area (Å²) in [6, 6.07) is 4.67. The average molecular weight is 706 g/mol. The lowest BCUT2D eigenvalue weighted by Crippen LogP contribution is -2.72.